The van der Waals surface area contributed by atoms with E-state index in [2.05, 4.69) is 15.3 Å². The second kappa shape index (κ2) is 6.70. The first-order chi connectivity index (χ1) is 10.8. The van der Waals surface area contributed by atoms with Gasteiger partial charge in [0, 0.05) is 31.6 Å². The third-order valence-electron chi connectivity index (χ3n) is 3.90. The maximum absolute atomic E-state index is 12.3. The fourth-order valence-electron chi connectivity index (χ4n) is 2.75. The fraction of sp³-hybridized carbons (Fsp3) is 0.438. The van der Waals surface area contributed by atoms with Crippen LogP contribution < -0.4 is 5.32 Å². The Morgan fingerprint density at radius 2 is 2.36 bits per heavy atom. The Balaban J connectivity index is 1.65. The van der Waals surface area contributed by atoms with E-state index in [9.17, 15) is 9.90 Å². The summed E-state index contributed by atoms with van der Waals surface area (Å²) in [6.07, 6.45) is 8.97. The Bertz CT molecular complexity index is 615. The van der Waals surface area contributed by atoms with Crippen LogP contribution in [-0.2, 0) is 19.4 Å². The van der Waals surface area contributed by atoms with Gasteiger partial charge in [-0.1, -0.05) is 6.07 Å². The summed E-state index contributed by atoms with van der Waals surface area (Å²) in [4.78, 5) is 20.8. The Kier molecular flexibility index (Phi) is 4.48. The van der Waals surface area contributed by atoms with E-state index in [0.717, 1.165) is 37.2 Å². The highest BCUT2D eigenvalue weighted by Crippen LogP contribution is 2.14. The molecule has 3 heterocycles. The molecule has 1 unspecified atom stereocenters. The van der Waals surface area contributed by atoms with Crippen LogP contribution in [0.2, 0.25) is 0 Å². The molecule has 0 saturated carbocycles. The van der Waals surface area contributed by atoms with Gasteiger partial charge in [0.15, 0.2) is 0 Å². The van der Waals surface area contributed by atoms with Gasteiger partial charge >= 0.3 is 0 Å². The van der Waals surface area contributed by atoms with Crippen LogP contribution in [0.1, 0.15) is 34.7 Å². The quantitative estimate of drug-likeness (QED) is 0.861. The van der Waals surface area contributed by atoms with E-state index in [1.165, 1.54) is 0 Å². The number of aliphatic hydroxyl groups excluding tert-OH is 1. The predicted molar refractivity (Wildman–Crippen MR) is 81.4 cm³/mol. The zero-order chi connectivity index (χ0) is 15.4. The largest absolute Gasteiger partial charge is 0.394 e. The van der Waals surface area contributed by atoms with Crippen LogP contribution in [0.4, 0.5) is 0 Å². The van der Waals surface area contributed by atoms with E-state index in [4.69, 9.17) is 0 Å². The van der Waals surface area contributed by atoms with Gasteiger partial charge in [0.05, 0.1) is 12.6 Å². The third-order valence-corrected chi connectivity index (χ3v) is 3.90. The monoisotopic (exact) mass is 300 g/mol. The molecule has 1 atom stereocenters. The topological polar surface area (TPSA) is 80.0 Å². The number of imidazole rings is 1. The third kappa shape index (κ3) is 3.33. The van der Waals surface area contributed by atoms with Crippen molar-refractivity contribution < 1.29 is 9.90 Å². The molecule has 0 bridgehead atoms. The second-order valence-corrected chi connectivity index (χ2v) is 5.61. The van der Waals surface area contributed by atoms with Crippen molar-refractivity contribution in [3.63, 3.8) is 0 Å². The van der Waals surface area contributed by atoms with Crippen LogP contribution >= 0.6 is 0 Å². The summed E-state index contributed by atoms with van der Waals surface area (Å²) >= 11 is 0. The normalized spacial score (nSPS) is 15.1. The predicted octanol–water partition coefficient (Wildman–Crippen LogP) is 0.948. The van der Waals surface area contributed by atoms with Crippen molar-refractivity contribution in [1.82, 2.24) is 19.9 Å². The first kappa shape index (κ1) is 14.7. The summed E-state index contributed by atoms with van der Waals surface area (Å²) in [7, 11) is 0. The van der Waals surface area contributed by atoms with Gasteiger partial charge in [-0.05, 0) is 30.9 Å². The second-order valence-electron chi connectivity index (χ2n) is 5.61. The van der Waals surface area contributed by atoms with E-state index in [-0.39, 0.29) is 18.6 Å². The first-order valence-electron chi connectivity index (χ1n) is 7.63. The van der Waals surface area contributed by atoms with Crippen LogP contribution in [0, 0.1) is 0 Å². The molecule has 2 aromatic heterocycles. The standard InChI is InChI=1S/C16H20N4O2/c21-11-13(8-12-4-3-6-17-9-12)18-16(22)14-10-20-7-2-1-5-15(20)19-14/h3-4,6,9-10,13,21H,1-2,5,7-8,11H2,(H,18,22). The van der Waals surface area contributed by atoms with Crippen molar-refractivity contribution in [2.24, 2.45) is 0 Å². The van der Waals surface area contributed by atoms with Gasteiger partial charge in [-0.3, -0.25) is 9.78 Å². The van der Waals surface area contributed by atoms with E-state index < -0.39 is 0 Å². The van der Waals surface area contributed by atoms with Crippen molar-refractivity contribution in [3.05, 3.63) is 47.8 Å². The molecule has 0 saturated heterocycles. The lowest BCUT2D eigenvalue weighted by Gasteiger charge is -2.15. The molecule has 6 nitrogen and oxygen atoms in total. The molecule has 1 aliphatic heterocycles. The number of hydrogen-bond donors (Lipinski definition) is 2. The first-order valence-corrected chi connectivity index (χ1v) is 7.63. The summed E-state index contributed by atoms with van der Waals surface area (Å²) < 4.78 is 2.05. The molecule has 6 heteroatoms. The summed E-state index contributed by atoms with van der Waals surface area (Å²) in [5.41, 5.74) is 1.41. The van der Waals surface area contributed by atoms with Gasteiger partial charge in [0.1, 0.15) is 11.5 Å². The lowest BCUT2D eigenvalue weighted by Crippen LogP contribution is -2.39. The molecule has 0 radical (unpaired) electrons. The van der Waals surface area contributed by atoms with Gasteiger partial charge in [0.2, 0.25) is 0 Å². The Morgan fingerprint density at radius 1 is 1.45 bits per heavy atom. The van der Waals surface area contributed by atoms with E-state index in [1.54, 1.807) is 12.4 Å². The summed E-state index contributed by atoms with van der Waals surface area (Å²) in [6, 6.07) is 3.43. The van der Waals surface area contributed by atoms with Crippen molar-refractivity contribution in [2.45, 2.75) is 38.3 Å². The minimum absolute atomic E-state index is 0.117. The SMILES string of the molecule is O=C(NC(CO)Cc1cccnc1)c1cn2c(n1)CCCC2. The van der Waals surface area contributed by atoms with Crippen molar-refractivity contribution in [3.8, 4) is 0 Å². The highest BCUT2D eigenvalue weighted by atomic mass is 16.3. The number of hydrogen-bond acceptors (Lipinski definition) is 4. The van der Waals surface area contributed by atoms with Crippen LogP contribution in [0.25, 0.3) is 0 Å². The van der Waals surface area contributed by atoms with Gasteiger partial charge in [0.25, 0.3) is 5.91 Å². The van der Waals surface area contributed by atoms with Gasteiger partial charge in [-0.15, -0.1) is 0 Å². The number of amides is 1. The number of aromatic nitrogens is 3. The van der Waals surface area contributed by atoms with Gasteiger partial charge in [-0.2, -0.15) is 0 Å². The maximum Gasteiger partial charge on any atom is 0.271 e. The summed E-state index contributed by atoms with van der Waals surface area (Å²) in [5, 5.41) is 12.3. The zero-order valence-corrected chi connectivity index (χ0v) is 12.4. The number of nitrogens with zero attached hydrogens (tertiary/aromatic N) is 3. The minimum atomic E-state index is -0.338. The fourth-order valence-corrected chi connectivity index (χ4v) is 2.75. The Morgan fingerprint density at radius 3 is 3.09 bits per heavy atom. The highest BCUT2D eigenvalue weighted by molar-refractivity contribution is 5.92. The number of fused-ring (bicyclic) bond motifs is 1. The van der Waals surface area contributed by atoms with Gasteiger partial charge < -0.3 is 15.0 Å². The van der Waals surface area contributed by atoms with Crippen LogP contribution in [0.15, 0.2) is 30.7 Å². The lowest BCUT2D eigenvalue weighted by atomic mass is 10.1. The molecule has 3 rings (SSSR count). The molecule has 1 amide bonds. The average molecular weight is 300 g/mol. The van der Waals surface area contributed by atoms with E-state index in [0.29, 0.717) is 12.1 Å². The summed E-state index contributed by atoms with van der Waals surface area (Å²) in [6.45, 7) is 0.808. The zero-order valence-electron chi connectivity index (χ0n) is 12.4. The number of carbonyl (C=O) groups excluding carboxylic acids is 1. The highest BCUT2D eigenvalue weighted by Gasteiger charge is 2.19. The Labute approximate surface area is 129 Å². The molecule has 2 aromatic rings. The maximum atomic E-state index is 12.3. The number of aryl methyl sites for hydroxylation is 2. The summed E-state index contributed by atoms with van der Waals surface area (Å²) in [5.74, 6) is 0.744. The van der Waals surface area contributed by atoms with Crippen LogP contribution in [-0.4, -0.2) is 38.2 Å². The average Bonchev–Trinajstić information content (AvgIpc) is 2.99. The van der Waals surface area contributed by atoms with Crippen LogP contribution in [0.5, 0.6) is 0 Å². The number of carbonyl (C=O) groups is 1. The molecule has 2 N–H and O–H groups in total. The molecule has 22 heavy (non-hydrogen) atoms. The van der Waals surface area contributed by atoms with Crippen molar-refractivity contribution in [1.29, 1.82) is 0 Å². The molecular formula is C16H20N4O2. The number of rotatable bonds is 5. The molecule has 116 valence electrons. The van der Waals surface area contributed by atoms with E-state index in [1.807, 2.05) is 22.9 Å². The van der Waals surface area contributed by atoms with Crippen molar-refractivity contribution >= 4 is 5.91 Å². The number of pyridine rings is 1. The van der Waals surface area contributed by atoms with Gasteiger partial charge in [-0.25, -0.2) is 4.98 Å². The minimum Gasteiger partial charge on any atom is -0.394 e. The van der Waals surface area contributed by atoms with Crippen molar-refractivity contribution in [2.75, 3.05) is 6.61 Å². The lowest BCUT2D eigenvalue weighted by molar-refractivity contribution is 0.0911. The van der Waals surface area contributed by atoms with Crippen LogP contribution in [0.3, 0.4) is 0 Å². The molecular weight excluding hydrogens is 280 g/mol. The number of aliphatic hydroxyl groups is 1. The molecule has 0 fully saturated rings. The van der Waals surface area contributed by atoms with E-state index >= 15 is 0 Å². The molecule has 1 aliphatic rings. The molecule has 0 spiro atoms. The molecule has 0 aliphatic carbocycles. The molecule has 0 aromatic carbocycles. The smallest absolute Gasteiger partial charge is 0.271 e. The number of nitrogens with one attached hydrogen (secondary N) is 1. The Hall–Kier alpha value is -2.21.